The van der Waals surface area contributed by atoms with Gasteiger partial charge in [0.05, 0.1) is 0 Å². The molecule has 1 rings (SSSR count). The van der Waals surface area contributed by atoms with Crippen molar-refractivity contribution >= 4 is 5.91 Å². The number of likely N-dealkylation sites (tertiary alicyclic amines) is 1. The van der Waals surface area contributed by atoms with E-state index in [2.05, 4.69) is 6.92 Å². The molecule has 1 fully saturated rings. The summed E-state index contributed by atoms with van der Waals surface area (Å²) in [6, 6.07) is 0.525. The van der Waals surface area contributed by atoms with Crippen molar-refractivity contribution in [1.29, 1.82) is 0 Å². The zero-order valence-electron chi connectivity index (χ0n) is 9.17. The van der Waals surface area contributed by atoms with Crippen molar-refractivity contribution in [3.63, 3.8) is 0 Å². The normalized spacial score (nSPS) is 21.1. The molecule has 0 N–H and O–H groups in total. The van der Waals surface area contributed by atoms with Crippen LogP contribution in [0.1, 0.15) is 44.9 Å². The summed E-state index contributed by atoms with van der Waals surface area (Å²) in [4.78, 5) is 13.1. The summed E-state index contributed by atoms with van der Waals surface area (Å²) < 4.78 is 0. The van der Waals surface area contributed by atoms with Crippen LogP contribution in [0.15, 0.2) is 0 Å². The first-order valence-corrected chi connectivity index (χ1v) is 5.30. The second kappa shape index (κ2) is 7.81. The van der Waals surface area contributed by atoms with Crippen LogP contribution in [-0.2, 0) is 37.5 Å². The van der Waals surface area contributed by atoms with E-state index in [0.29, 0.717) is 11.9 Å². The molecule has 1 radical (unpaired) electrons. The number of hydrogen-bond donors (Lipinski definition) is 0. The molecule has 0 aromatic heterocycles. The average Bonchev–Trinajstić information content (AvgIpc) is 2.43. The van der Waals surface area contributed by atoms with Crippen LogP contribution in [-0.4, -0.2) is 23.9 Å². The number of rotatable bonds is 5. The molecular weight excluding hydrogens is 251 g/mol. The van der Waals surface area contributed by atoms with E-state index in [1.54, 1.807) is 0 Å². The molecule has 2 nitrogen and oxygen atoms in total. The van der Waals surface area contributed by atoms with Gasteiger partial charge in [0.1, 0.15) is 0 Å². The zero-order valence-corrected chi connectivity index (χ0v) is 12.0. The SMILES string of the molecule is [CH2-]CCCCC[C@@H]1CCC(=O)N1C.[Y]. The van der Waals surface area contributed by atoms with Gasteiger partial charge in [-0.2, -0.15) is 6.42 Å². The largest absolute Gasteiger partial charge is 0.343 e. The van der Waals surface area contributed by atoms with Gasteiger partial charge in [-0.3, -0.25) is 4.79 Å². The molecule has 1 amide bonds. The smallest absolute Gasteiger partial charge is 0.222 e. The van der Waals surface area contributed by atoms with Gasteiger partial charge in [0.2, 0.25) is 5.91 Å². The molecule has 3 heteroatoms. The Kier molecular flexibility index (Phi) is 8.13. The fourth-order valence-corrected chi connectivity index (χ4v) is 1.94. The van der Waals surface area contributed by atoms with Crippen LogP contribution in [0, 0.1) is 6.92 Å². The van der Waals surface area contributed by atoms with E-state index >= 15 is 0 Å². The summed E-state index contributed by atoms with van der Waals surface area (Å²) in [7, 11) is 1.93. The molecule has 1 saturated heterocycles. The third kappa shape index (κ3) is 4.40. The molecular formula is C11H20NOY-. The predicted octanol–water partition coefficient (Wildman–Crippen LogP) is 2.39. The van der Waals surface area contributed by atoms with Gasteiger partial charge in [-0.15, -0.1) is 0 Å². The van der Waals surface area contributed by atoms with Crippen LogP contribution < -0.4 is 0 Å². The first-order valence-electron chi connectivity index (χ1n) is 5.30. The van der Waals surface area contributed by atoms with Crippen molar-refractivity contribution in [2.45, 2.75) is 51.0 Å². The van der Waals surface area contributed by atoms with Gasteiger partial charge in [0.25, 0.3) is 0 Å². The molecule has 79 valence electrons. The Labute approximate surface area is 113 Å². The van der Waals surface area contributed by atoms with Gasteiger partial charge in [-0.25, -0.2) is 0 Å². The van der Waals surface area contributed by atoms with Crippen LogP contribution in [0.2, 0.25) is 0 Å². The molecule has 0 bridgehead atoms. The van der Waals surface area contributed by atoms with E-state index in [-0.39, 0.29) is 32.7 Å². The molecule has 0 aromatic rings. The van der Waals surface area contributed by atoms with Crippen molar-refractivity contribution in [3.05, 3.63) is 6.92 Å². The molecule has 0 spiro atoms. The number of carbonyl (C=O) groups is 1. The maximum atomic E-state index is 11.2. The third-order valence-corrected chi connectivity index (χ3v) is 2.92. The standard InChI is InChI=1S/C11H20NO.Y/c1-3-4-5-6-7-10-8-9-11(13)12(10)2;/h10H,1,3-9H2,2H3;/q-1;/t10-;/m1./s1. The Bertz CT molecular complexity index is 173. The van der Waals surface area contributed by atoms with E-state index in [0.717, 1.165) is 19.3 Å². The molecule has 1 atom stereocenters. The quantitative estimate of drug-likeness (QED) is 0.555. The molecule has 1 aliphatic heterocycles. The summed E-state index contributed by atoms with van der Waals surface area (Å²) in [6.07, 6.45) is 7.79. The Balaban J connectivity index is 0.00000169. The minimum atomic E-state index is 0. The van der Waals surface area contributed by atoms with Crippen LogP contribution in [0.3, 0.4) is 0 Å². The summed E-state index contributed by atoms with van der Waals surface area (Å²) in [5.41, 5.74) is 0. The summed E-state index contributed by atoms with van der Waals surface area (Å²) in [6.45, 7) is 3.82. The fraction of sp³-hybridized carbons (Fsp3) is 0.818. The first kappa shape index (κ1) is 14.6. The maximum Gasteiger partial charge on any atom is 0.222 e. The van der Waals surface area contributed by atoms with Crippen LogP contribution in [0.25, 0.3) is 0 Å². The van der Waals surface area contributed by atoms with Gasteiger partial charge in [-0.05, 0) is 12.8 Å². The molecule has 0 aliphatic carbocycles. The summed E-state index contributed by atoms with van der Waals surface area (Å²) in [5.74, 6) is 0.321. The van der Waals surface area contributed by atoms with Crippen LogP contribution in [0.5, 0.6) is 0 Å². The zero-order chi connectivity index (χ0) is 9.68. The van der Waals surface area contributed by atoms with E-state index in [1.807, 2.05) is 11.9 Å². The molecule has 0 aromatic carbocycles. The number of amides is 1. The summed E-state index contributed by atoms with van der Waals surface area (Å²) in [5, 5.41) is 0. The van der Waals surface area contributed by atoms with Gasteiger partial charge >= 0.3 is 0 Å². The first-order chi connectivity index (χ1) is 6.25. The summed E-state index contributed by atoms with van der Waals surface area (Å²) >= 11 is 0. The van der Waals surface area contributed by atoms with E-state index in [9.17, 15) is 4.79 Å². The third-order valence-electron chi connectivity index (χ3n) is 2.92. The minimum Gasteiger partial charge on any atom is -0.343 e. The minimum absolute atomic E-state index is 0. The second-order valence-corrected chi connectivity index (χ2v) is 3.90. The second-order valence-electron chi connectivity index (χ2n) is 3.90. The van der Waals surface area contributed by atoms with Gasteiger partial charge in [0.15, 0.2) is 0 Å². The molecule has 14 heavy (non-hydrogen) atoms. The number of nitrogens with zero attached hydrogens (tertiary/aromatic N) is 1. The Morgan fingerprint density at radius 3 is 2.64 bits per heavy atom. The van der Waals surface area contributed by atoms with Crippen molar-refractivity contribution in [3.8, 4) is 0 Å². The molecule has 0 saturated carbocycles. The molecule has 1 aliphatic rings. The predicted molar refractivity (Wildman–Crippen MR) is 54.2 cm³/mol. The number of unbranched alkanes of at least 4 members (excludes halogenated alkanes) is 3. The Hall–Kier alpha value is 0.574. The average molecular weight is 271 g/mol. The van der Waals surface area contributed by atoms with E-state index < -0.39 is 0 Å². The van der Waals surface area contributed by atoms with Crippen molar-refractivity contribution < 1.29 is 37.5 Å². The van der Waals surface area contributed by atoms with Crippen LogP contribution in [0.4, 0.5) is 0 Å². The van der Waals surface area contributed by atoms with Crippen molar-refractivity contribution in [1.82, 2.24) is 4.90 Å². The number of hydrogen-bond acceptors (Lipinski definition) is 1. The fourth-order valence-electron chi connectivity index (χ4n) is 1.94. The number of carbonyl (C=O) groups excluding carboxylic acids is 1. The topological polar surface area (TPSA) is 20.3 Å². The Morgan fingerprint density at radius 1 is 1.43 bits per heavy atom. The van der Waals surface area contributed by atoms with Gasteiger partial charge in [-0.1, -0.05) is 19.3 Å². The Morgan fingerprint density at radius 2 is 2.14 bits per heavy atom. The van der Waals surface area contributed by atoms with Crippen molar-refractivity contribution in [2.75, 3.05) is 7.05 Å². The molecule has 0 unspecified atom stereocenters. The van der Waals surface area contributed by atoms with E-state index in [1.165, 1.54) is 25.7 Å². The van der Waals surface area contributed by atoms with Crippen molar-refractivity contribution in [2.24, 2.45) is 0 Å². The van der Waals surface area contributed by atoms with Gasteiger partial charge in [0, 0.05) is 52.2 Å². The monoisotopic (exact) mass is 271 g/mol. The molecule has 1 heterocycles. The van der Waals surface area contributed by atoms with E-state index in [4.69, 9.17) is 0 Å². The van der Waals surface area contributed by atoms with Gasteiger partial charge < -0.3 is 11.8 Å². The maximum absolute atomic E-state index is 11.2. The van der Waals surface area contributed by atoms with Crippen LogP contribution >= 0.6 is 0 Å².